The Bertz CT molecular complexity index is 550. The van der Waals surface area contributed by atoms with Crippen LogP contribution in [0.3, 0.4) is 0 Å². The molecule has 0 fully saturated rings. The molecule has 0 aliphatic heterocycles. The van der Waals surface area contributed by atoms with E-state index in [9.17, 15) is 9.50 Å². The zero-order valence-corrected chi connectivity index (χ0v) is 10.8. The summed E-state index contributed by atoms with van der Waals surface area (Å²) in [7, 11) is 1.85. The summed E-state index contributed by atoms with van der Waals surface area (Å²) in [6.45, 7) is 0.337. The van der Waals surface area contributed by atoms with E-state index in [1.165, 1.54) is 12.1 Å². The highest BCUT2D eigenvalue weighted by Crippen LogP contribution is 2.25. The largest absolute Gasteiger partial charge is 0.384 e. The minimum atomic E-state index is -0.800. The summed E-state index contributed by atoms with van der Waals surface area (Å²) in [6.07, 6.45) is 1.00. The predicted molar refractivity (Wildman–Crippen MR) is 71.9 cm³/mol. The monoisotopic (exact) mass is 263 g/mol. The third-order valence-electron chi connectivity index (χ3n) is 3.20. The fourth-order valence-corrected chi connectivity index (χ4v) is 2.08. The molecule has 0 amide bonds. The van der Waals surface area contributed by atoms with E-state index in [0.717, 1.165) is 5.69 Å². The average Bonchev–Trinajstić information content (AvgIpc) is 2.80. The molecule has 2 unspecified atom stereocenters. The van der Waals surface area contributed by atoms with E-state index in [-0.39, 0.29) is 11.9 Å². The van der Waals surface area contributed by atoms with Crippen LogP contribution in [0.1, 0.15) is 29.0 Å². The van der Waals surface area contributed by atoms with Gasteiger partial charge in [-0.2, -0.15) is 0 Å². The number of nitrogens with two attached hydrogens (primary N) is 2. The molecular formula is C14H18FN3O. The Kier molecular flexibility index (Phi) is 3.99. The average molecular weight is 263 g/mol. The number of benzene rings is 1. The molecule has 1 heterocycles. The predicted octanol–water partition coefficient (Wildman–Crippen LogP) is 1.20. The first kappa shape index (κ1) is 13.7. The summed E-state index contributed by atoms with van der Waals surface area (Å²) < 4.78 is 14.7. The molecule has 1 aromatic carbocycles. The minimum absolute atomic E-state index is 0.265. The van der Waals surface area contributed by atoms with Gasteiger partial charge in [0.2, 0.25) is 0 Å². The molecule has 2 rings (SSSR count). The Balaban J connectivity index is 2.29. The van der Waals surface area contributed by atoms with Crippen molar-refractivity contribution in [3.05, 3.63) is 59.2 Å². The highest BCUT2D eigenvalue weighted by Gasteiger charge is 2.16. The number of aliphatic hydroxyl groups excluding tert-OH is 1. The van der Waals surface area contributed by atoms with Crippen molar-refractivity contribution in [3.63, 3.8) is 0 Å². The summed E-state index contributed by atoms with van der Waals surface area (Å²) in [5.41, 5.74) is 13.6. The molecule has 0 bridgehead atoms. The number of hydrogen-bond acceptors (Lipinski definition) is 3. The fourth-order valence-electron chi connectivity index (χ4n) is 2.08. The van der Waals surface area contributed by atoms with Gasteiger partial charge in [0.15, 0.2) is 0 Å². The minimum Gasteiger partial charge on any atom is -0.384 e. The van der Waals surface area contributed by atoms with Crippen molar-refractivity contribution in [2.45, 2.75) is 12.1 Å². The van der Waals surface area contributed by atoms with Gasteiger partial charge in [-0.1, -0.05) is 12.1 Å². The van der Waals surface area contributed by atoms with Gasteiger partial charge in [0.1, 0.15) is 11.9 Å². The zero-order chi connectivity index (χ0) is 14.0. The molecule has 102 valence electrons. The SMILES string of the molecule is Cn1cc(C(O)c2ccc(F)cc2)cc1C(N)CN. The lowest BCUT2D eigenvalue weighted by atomic mass is 10.0. The molecule has 5 heteroatoms. The van der Waals surface area contributed by atoms with Crippen molar-refractivity contribution in [1.82, 2.24) is 4.57 Å². The quantitative estimate of drug-likeness (QED) is 0.775. The number of aryl methyl sites for hydroxylation is 1. The van der Waals surface area contributed by atoms with E-state index in [0.29, 0.717) is 17.7 Å². The van der Waals surface area contributed by atoms with Crippen LogP contribution in [0, 0.1) is 5.82 Å². The van der Waals surface area contributed by atoms with Crippen molar-refractivity contribution in [2.24, 2.45) is 18.5 Å². The van der Waals surface area contributed by atoms with E-state index in [1.807, 2.05) is 17.7 Å². The van der Waals surface area contributed by atoms with Gasteiger partial charge in [-0.25, -0.2) is 4.39 Å². The number of rotatable bonds is 4. The molecule has 0 saturated carbocycles. The molecule has 1 aromatic heterocycles. The van der Waals surface area contributed by atoms with Crippen LogP contribution in [0.5, 0.6) is 0 Å². The van der Waals surface area contributed by atoms with E-state index >= 15 is 0 Å². The van der Waals surface area contributed by atoms with E-state index in [4.69, 9.17) is 11.5 Å². The second kappa shape index (κ2) is 5.52. The second-order valence-electron chi connectivity index (χ2n) is 4.61. The summed E-state index contributed by atoms with van der Waals surface area (Å²) in [4.78, 5) is 0. The van der Waals surface area contributed by atoms with Crippen LogP contribution in [0.4, 0.5) is 4.39 Å². The third-order valence-corrected chi connectivity index (χ3v) is 3.20. The number of halogens is 1. The molecule has 0 aliphatic rings. The van der Waals surface area contributed by atoms with E-state index < -0.39 is 6.10 Å². The van der Waals surface area contributed by atoms with Gasteiger partial charge in [-0.15, -0.1) is 0 Å². The van der Waals surface area contributed by atoms with Crippen molar-refractivity contribution < 1.29 is 9.50 Å². The van der Waals surface area contributed by atoms with Crippen molar-refractivity contribution in [2.75, 3.05) is 6.54 Å². The zero-order valence-electron chi connectivity index (χ0n) is 10.8. The first-order chi connectivity index (χ1) is 9.02. The molecule has 2 atom stereocenters. The number of nitrogens with zero attached hydrogens (tertiary/aromatic N) is 1. The van der Waals surface area contributed by atoms with Gasteiger partial charge in [-0.05, 0) is 23.8 Å². The number of hydrogen-bond donors (Lipinski definition) is 3. The van der Waals surface area contributed by atoms with Gasteiger partial charge < -0.3 is 21.1 Å². The summed E-state index contributed by atoms with van der Waals surface area (Å²) in [6, 6.07) is 7.35. The van der Waals surface area contributed by atoms with E-state index in [2.05, 4.69) is 0 Å². The van der Waals surface area contributed by atoms with Gasteiger partial charge >= 0.3 is 0 Å². The Hall–Kier alpha value is -1.69. The molecular weight excluding hydrogens is 245 g/mol. The van der Waals surface area contributed by atoms with Gasteiger partial charge in [-0.3, -0.25) is 0 Å². The molecule has 0 aliphatic carbocycles. The maximum absolute atomic E-state index is 12.9. The highest BCUT2D eigenvalue weighted by molar-refractivity contribution is 5.32. The van der Waals surface area contributed by atoms with Crippen LogP contribution in [-0.2, 0) is 7.05 Å². The summed E-state index contributed by atoms with van der Waals surface area (Å²) in [5, 5.41) is 10.3. The molecule has 0 saturated heterocycles. The topological polar surface area (TPSA) is 77.2 Å². The summed E-state index contributed by atoms with van der Waals surface area (Å²) >= 11 is 0. The lowest BCUT2D eigenvalue weighted by Crippen LogP contribution is -2.22. The van der Waals surface area contributed by atoms with Crippen molar-refractivity contribution >= 4 is 0 Å². The molecule has 4 nitrogen and oxygen atoms in total. The van der Waals surface area contributed by atoms with Crippen LogP contribution in [0.25, 0.3) is 0 Å². The normalized spacial score (nSPS) is 14.4. The van der Waals surface area contributed by atoms with Gasteiger partial charge in [0, 0.05) is 31.0 Å². The highest BCUT2D eigenvalue weighted by atomic mass is 19.1. The van der Waals surface area contributed by atoms with Crippen LogP contribution in [-0.4, -0.2) is 16.2 Å². The van der Waals surface area contributed by atoms with E-state index in [1.54, 1.807) is 18.3 Å². The Labute approximate surface area is 111 Å². The fraction of sp³-hybridized carbons (Fsp3) is 0.286. The van der Waals surface area contributed by atoms with Crippen molar-refractivity contribution in [1.29, 1.82) is 0 Å². The number of aliphatic hydroxyl groups is 1. The Morgan fingerprint density at radius 1 is 1.26 bits per heavy atom. The van der Waals surface area contributed by atoms with Gasteiger partial charge in [0.25, 0.3) is 0 Å². The molecule has 0 radical (unpaired) electrons. The first-order valence-electron chi connectivity index (χ1n) is 6.08. The molecule has 5 N–H and O–H groups in total. The maximum atomic E-state index is 12.9. The van der Waals surface area contributed by atoms with Crippen LogP contribution in [0.2, 0.25) is 0 Å². The summed E-state index contributed by atoms with van der Waals surface area (Å²) in [5.74, 6) is -0.324. The Morgan fingerprint density at radius 2 is 1.89 bits per heavy atom. The lowest BCUT2D eigenvalue weighted by Gasteiger charge is -2.09. The maximum Gasteiger partial charge on any atom is 0.123 e. The first-order valence-corrected chi connectivity index (χ1v) is 6.08. The van der Waals surface area contributed by atoms with Crippen LogP contribution >= 0.6 is 0 Å². The Morgan fingerprint density at radius 3 is 2.47 bits per heavy atom. The standard InChI is InChI=1S/C14H18FN3O/c1-18-8-10(6-13(18)12(17)7-16)14(19)9-2-4-11(15)5-3-9/h2-6,8,12,14,19H,7,16-17H2,1H3. The molecule has 19 heavy (non-hydrogen) atoms. The smallest absolute Gasteiger partial charge is 0.123 e. The van der Waals surface area contributed by atoms with Crippen molar-refractivity contribution in [3.8, 4) is 0 Å². The van der Waals surface area contributed by atoms with Crippen LogP contribution < -0.4 is 11.5 Å². The number of aromatic nitrogens is 1. The molecule has 2 aromatic rings. The lowest BCUT2D eigenvalue weighted by molar-refractivity contribution is 0.220. The molecule has 0 spiro atoms. The van der Waals surface area contributed by atoms with Gasteiger partial charge in [0.05, 0.1) is 6.04 Å². The second-order valence-corrected chi connectivity index (χ2v) is 4.61. The van der Waals surface area contributed by atoms with Crippen LogP contribution in [0.15, 0.2) is 36.5 Å². The third kappa shape index (κ3) is 2.84.